The van der Waals surface area contributed by atoms with E-state index < -0.39 is 0 Å². The predicted octanol–water partition coefficient (Wildman–Crippen LogP) is 4.25. The first kappa shape index (κ1) is 14.7. The monoisotopic (exact) mass is 304 g/mol. The summed E-state index contributed by atoms with van der Waals surface area (Å²) in [6.45, 7) is 5.18. The number of hydrogen-bond acceptors (Lipinski definition) is 3. The Morgan fingerprint density at radius 1 is 1.33 bits per heavy atom. The highest BCUT2D eigenvalue weighted by atomic mass is 32.1. The van der Waals surface area contributed by atoms with E-state index in [9.17, 15) is 4.39 Å². The van der Waals surface area contributed by atoms with Gasteiger partial charge in [0.05, 0.1) is 10.7 Å². The van der Waals surface area contributed by atoms with E-state index in [1.54, 1.807) is 17.4 Å². The number of aromatic nitrogens is 1. The Morgan fingerprint density at radius 2 is 2.10 bits per heavy atom. The van der Waals surface area contributed by atoms with Crippen LogP contribution in [-0.4, -0.2) is 11.0 Å². The molecule has 0 spiro atoms. The van der Waals surface area contributed by atoms with Crippen LogP contribution in [0.1, 0.15) is 53.7 Å². The molecule has 1 aliphatic rings. The van der Waals surface area contributed by atoms with Gasteiger partial charge >= 0.3 is 0 Å². The third kappa shape index (κ3) is 3.69. The molecule has 0 saturated heterocycles. The smallest absolute Gasteiger partial charge is 0.126 e. The molecule has 1 saturated carbocycles. The minimum absolute atomic E-state index is 0.137. The fourth-order valence-corrected chi connectivity index (χ4v) is 3.52. The van der Waals surface area contributed by atoms with Crippen molar-refractivity contribution in [2.75, 3.05) is 0 Å². The molecule has 3 rings (SSSR count). The van der Waals surface area contributed by atoms with Crippen molar-refractivity contribution in [1.82, 2.24) is 10.3 Å². The highest BCUT2D eigenvalue weighted by Gasteiger charge is 2.29. The fourth-order valence-electron chi connectivity index (χ4n) is 2.39. The Hall–Kier alpha value is -1.26. The third-order valence-electron chi connectivity index (χ3n) is 3.71. The summed E-state index contributed by atoms with van der Waals surface area (Å²) < 4.78 is 13.8. The minimum atomic E-state index is -0.137. The van der Waals surface area contributed by atoms with Crippen molar-refractivity contribution in [3.8, 4) is 0 Å². The lowest BCUT2D eigenvalue weighted by atomic mass is 10.1. The first-order valence-electron chi connectivity index (χ1n) is 7.58. The normalized spacial score (nSPS) is 14.9. The van der Waals surface area contributed by atoms with Crippen LogP contribution >= 0.6 is 11.3 Å². The van der Waals surface area contributed by atoms with E-state index in [0.717, 1.165) is 17.1 Å². The summed E-state index contributed by atoms with van der Waals surface area (Å²) in [6, 6.07) is 7.45. The summed E-state index contributed by atoms with van der Waals surface area (Å²) in [5, 5.41) is 4.50. The van der Waals surface area contributed by atoms with Gasteiger partial charge in [-0.3, -0.25) is 0 Å². The van der Waals surface area contributed by atoms with E-state index in [2.05, 4.69) is 19.2 Å². The maximum Gasteiger partial charge on any atom is 0.126 e. The van der Waals surface area contributed by atoms with Crippen molar-refractivity contribution < 1.29 is 4.39 Å². The average molecular weight is 304 g/mol. The maximum absolute atomic E-state index is 13.8. The molecule has 0 unspecified atom stereocenters. The van der Waals surface area contributed by atoms with Gasteiger partial charge in [-0.1, -0.05) is 32.0 Å². The van der Waals surface area contributed by atoms with E-state index in [1.165, 1.54) is 29.5 Å². The second-order valence-corrected chi connectivity index (χ2v) is 7.16. The molecule has 0 bridgehead atoms. The summed E-state index contributed by atoms with van der Waals surface area (Å²) >= 11 is 1.73. The minimum Gasteiger partial charge on any atom is -0.310 e. The molecule has 1 aliphatic carbocycles. The van der Waals surface area contributed by atoms with Gasteiger partial charge in [-0.2, -0.15) is 0 Å². The first-order chi connectivity index (χ1) is 10.1. The standard InChI is InChI=1S/C17H21FN2S/c1-11(2)19-10-15-17(12-7-8-12)20-16(21-15)9-13-5-3-4-6-14(13)18/h3-6,11-12,19H,7-10H2,1-2H3. The maximum atomic E-state index is 13.8. The molecule has 0 atom stereocenters. The molecule has 2 nitrogen and oxygen atoms in total. The van der Waals surface area contributed by atoms with Crippen LogP contribution in [-0.2, 0) is 13.0 Å². The lowest BCUT2D eigenvalue weighted by molar-refractivity contribution is 0.590. The summed E-state index contributed by atoms with van der Waals surface area (Å²) in [4.78, 5) is 6.13. The van der Waals surface area contributed by atoms with Gasteiger partial charge in [0.2, 0.25) is 0 Å². The molecule has 0 aliphatic heterocycles. The van der Waals surface area contributed by atoms with Crippen LogP contribution < -0.4 is 5.32 Å². The van der Waals surface area contributed by atoms with Crippen LogP contribution in [0, 0.1) is 5.82 Å². The van der Waals surface area contributed by atoms with Gasteiger partial charge in [0.15, 0.2) is 0 Å². The van der Waals surface area contributed by atoms with Crippen molar-refractivity contribution in [3.05, 3.63) is 51.2 Å². The lowest BCUT2D eigenvalue weighted by Gasteiger charge is -2.07. The number of hydrogen-bond donors (Lipinski definition) is 1. The molecule has 1 heterocycles. The molecule has 2 aromatic rings. The molecule has 4 heteroatoms. The van der Waals surface area contributed by atoms with Crippen LogP contribution in [0.3, 0.4) is 0 Å². The molecule has 0 radical (unpaired) electrons. The van der Waals surface area contributed by atoms with Crippen molar-refractivity contribution in [2.45, 2.75) is 51.6 Å². The summed E-state index contributed by atoms with van der Waals surface area (Å²) in [7, 11) is 0. The zero-order chi connectivity index (χ0) is 14.8. The summed E-state index contributed by atoms with van der Waals surface area (Å²) in [5.41, 5.74) is 1.98. The van der Waals surface area contributed by atoms with E-state index >= 15 is 0 Å². The Labute approximate surface area is 129 Å². The molecular formula is C17H21FN2S. The number of halogens is 1. The van der Waals surface area contributed by atoms with Crippen LogP contribution in [0.4, 0.5) is 4.39 Å². The van der Waals surface area contributed by atoms with Gasteiger partial charge < -0.3 is 5.32 Å². The first-order valence-corrected chi connectivity index (χ1v) is 8.40. The number of nitrogens with one attached hydrogen (secondary N) is 1. The molecule has 1 aromatic heterocycles. The van der Waals surface area contributed by atoms with Crippen LogP contribution in [0.15, 0.2) is 24.3 Å². The van der Waals surface area contributed by atoms with Crippen molar-refractivity contribution in [1.29, 1.82) is 0 Å². The van der Waals surface area contributed by atoms with Gasteiger partial charge in [0.25, 0.3) is 0 Å². The summed E-state index contributed by atoms with van der Waals surface area (Å²) in [5.74, 6) is 0.502. The summed E-state index contributed by atoms with van der Waals surface area (Å²) in [6.07, 6.45) is 3.09. The predicted molar refractivity (Wildman–Crippen MR) is 85.3 cm³/mol. The Bertz CT molecular complexity index is 617. The van der Waals surface area contributed by atoms with Gasteiger partial charge in [0.1, 0.15) is 5.82 Å². The zero-order valence-corrected chi connectivity index (χ0v) is 13.3. The second-order valence-electron chi connectivity index (χ2n) is 5.99. The average Bonchev–Trinajstić information content (AvgIpc) is 3.21. The van der Waals surface area contributed by atoms with E-state index in [1.807, 2.05) is 12.1 Å². The Morgan fingerprint density at radius 3 is 2.76 bits per heavy atom. The number of rotatable bonds is 6. The molecule has 1 aromatic carbocycles. The van der Waals surface area contributed by atoms with E-state index in [-0.39, 0.29) is 5.82 Å². The molecular weight excluding hydrogens is 283 g/mol. The number of benzene rings is 1. The topological polar surface area (TPSA) is 24.9 Å². The second kappa shape index (κ2) is 6.24. The van der Waals surface area contributed by atoms with E-state index in [4.69, 9.17) is 4.98 Å². The molecule has 21 heavy (non-hydrogen) atoms. The Kier molecular flexibility index (Phi) is 4.36. The van der Waals surface area contributed by atoms with Gasteiger partial charge in [-0.25, -0.2) is 9.37 Å². The zero-order valence-electron chi connectivity index (χ0n) is 12.5. The molecule has 1 N–H and O–H groups in total. The van der Waals surface area contributed by atoms with Crippen molar-refractivity contribution >= 4 is 11.3 Å². The van der Waals surface area contributed by atoms with Crippen LogP contribution in [0.2, 0.25) is 0 Å². The van der Waals surface area contributed by atoms with Crippen LogP contribution in [0.25, 0.3) is 0 Å². The quantitative estimate of drug-likeness (QED) is 0.863. The highest BCUT2D eigenvalue weighted by molar-refractivity contribution is 7.11. The van der Waals surface area contributed by atoms with Gasteiger partial charge in [-0.15, -0.1) is 11.3 Å². The molecule has 112 valence electrons. The highest BCUT2D eigenvalue weighted by Crippen LogP contribution is 2.43. The van der Waals surface area contributed by atoms with Gasteiger partial charge in [0, 0.05) is 29.8 Å². The van der Waals surface area contributed by atoms with Crippen molar-refractivity contribution in [3.63, 3.8) is 0 Å². The van der Waals surface area contributed by atoms with Gasteiger partial charge in [-0.05, 0) is 24.5 Å². The van der Waals surface area contributed by atoms with Crippen LogP contribution in [0.5, 0.6) is 0 Å². The fraction of sp³-hybridized carbons (Fsp3) is 0.471. The SMILES string of the molecule is CC(C)NCc1sc(Cc2ccccc2F)nc1C1CC1. The lowest BCUT2D eigenvalue weighted by Crippen LogP contribution is -2.21. The largest absolute Gasteiger partial charge is 0.310 e. The molecule has 0 amide bonds. The number of thiazole rings is 1. The Balaban J connectivity index is 1.79. The third-order valence-corrected chi connectivity index (χ3v) is 4.78. The van der Waals surface area contributed by atoms with E-state index in [0.29, 0.717) is 18.4 Å². The van der Waals surface area contributed by atoms with Crippen molar-refractivity contribution in [2.24, 2.45) is 0 Å². The molecule has 1 fully saturated rings. The number of nitrogens with zero attached hydrogens (tertiary/aromatic N) is 1.